The minimum Gasteiger partial charge on any atom is -0.489 e. The van der Waals surface area contributed by atoms with Gasteiger partial charge in [-0.15, -0.1) is 0 Å². The number of hydrogen-bond donors (Lipinski definition) is 0. The zero-order chi connectivity index (χ0) is 47.2. The molecule has 0 aromatic heterocycles. The quantitative estimate of drug-likeness (QED) is 0.0515. The first-order valence-electron chi connectivity index (χ1n) is 24.1. The molecular formula is C59H90O4. The predicted octanol–water partition coefficient (Wildman–Crippen LogP) is 17.9. The van der Waals surface area contributed by atoms with Crippen LogP contribution in [0.5, 0.6) is 0 Å². The fraction of sp³-hybridized carbons (Fsp3) is 0.559. The van der Waals surface area contributed by atoms with Crippen molar-refractivity contribution in [2.75, 3.05) is 14.2 Å². The molecule has 0 saturated carbocycles. The van der Waals surface area contributed by atoms with Gasteiger partial charge in [0.2, 0.25) is 23.1 Å². The van der Waals surface area contributed by atoms with Crippen molar-refractivity contribution in [3.63, 3.8) is 0 Å². The highest BCUT2D eigenvalue weighted by Gasteiger charge is 2.34. The maximum absolute atomic E-state index is 12.9. The SMILES string of the molecule is COC1=C(OC)C(=O)C(C/C=C(/C)CC/C=C(\C)CC/C=C(\C)CC/C=C(\C)CC/C=C(\C)CC/C=C(\C)CC/C=C(\C)CC/C=C(\C)CC/C=C(\C)CCC=C(C)C)=C(C)C1=O. The van der Waals surface area contributed by atoms with Crippen LogP contribution in [0.4, 0.5) is 0 Å². The Morgan fingerprint density at radius 1 is 0.349 bits per heavy atom. The molecule has 0 heterocycles. The summed E-state index contributed by atoms with van der Waals surface area (Å²) in [6.07, 6.45) is 44.3. The lowest BCUT2D eigenvalue weighted by molar-refractivity contribution is -0.121. The number of carbonyl (C=O) groups is 2. The van der Waals surface area contributed by atoms with E-state index in [4.69, 9.17) is 9.47 Å². The lowest BCUT2D eigenvalue weighted by atomic mass is 9.90. The summed E-state index contributed by atoms with van der Waals surface area (Å²) >= 11 is 0. The van der Waals surface area contributed by atoms with E-state index < -0.39 is 0 Å². The monoisotopic (exact) mass is 863 g/mol. The molecule has 0 unspecified atom stereocenters. The molecule has 1 aliphatic rings. The molecule has 0 spiro atoms. The topological polar surface area (TPSA) is 52.6 Å². The molecule has 1 aliphatic carbocycles. The summed E-state index contributed by atoms with van der Waals surface area (Å²) in [5, 5.41) is 0. The van der Waals surface area contributed by atoms with E-state index in [1.54, 1.807) is 6.92 Å². The Morgan fingerprint density at radius 3 is 0.810 bits per heavy atom. The predicted molar refractivity (Wildman–Crippen MR) is 275 cm³/mol. The van der Waals surface area contributed by atoms with Crippen LogP contribution < -0.4 is 0 Å². The van der Waals surface area contributed by atoms with Crippen molar-refractivity contribution in [3.05, 3.63) is 139 Å². The van der Waals surface area contributed by atoms with Crippen LogP contribution in [0, 0.1) is 0 Å². The molecule has 0 aromatic rings. The van der Waals surface area contributed by atoms with Gasteiger partial charge in [-0.1, -0.05) is 116 Å². The van der Waals surface area contributed by atoms with Crippen molar-refractivity contribution in [2.24, 2.45) is 0 Å². The molecule has 0 amide bonds. The van der Waals surface area contributed by atoms with Gasteiger partial charge in [-0.05, 0) is 205 Å². The first kappa shape index (κ1) is 56.8. The summed E-state index contributed by atoms with van der Waals surface area (Å²) in [5.41, 5.74) is 15.5. The summed E-state index contributed by atoms with van der Waals surface area (Å²) in [5.74, 6) is -0.572. The first-order chi connectivity index (χ1) is 30.0. The first-order valence-corrected chi connectivity index (χ1v) is 24.1. The molecule has 0 atom stereocenters. The zero-order valence-electron chi connectivity index (χ0n) is 42.8. The average Bonchev–Trinajstić information content (AvgIpc) is 3.21. The minimum atomic E-state index is -0.284. The number of rotatable bonds is 31. The van der Waals surface area contributed by atoms with Gasteiger partial charge in [0.15, 0.2) is 0 Å². The third-order valence-electron chi connectivity index (χ3n) is 12.1. The molecule has 0 radical (unpaired) electrons. The van der Waals surface area contributed by atoms with Crippen LogP contribution in [0.15, 0.2) is 139 Å². The van der Waals surface area contributed by atoms with Crippen LogP contribution in [0.1, 0.15) is 205 Å². The van der Waals surface area contributed by atoms with Crippen LogP contribution in [-0.2, 0) is 19.1 Å². The highest BCUT2D eigenvalue weighted by atomic mass is 16.5. The second-order valence-electron chi connectivity index (χ2n) is 18.6. The fourth-order valence-electron chi connectivity index (χ4n) is 7.59. The highest BCUT2D eigenvalue weighted by molar-refractivity contribution is 6.23. The molecular weight excluding hydrogens is 773 g/mol. The average molecular weight is 863 g/mol. The highest BCUT2D eigenvalue weighted by Crippen LogP contribution is 2.28. The summed E-state index contributed by atoms with van der Waals surface area (Å²) in [7, 11) is 2.78. The normalized spacial score (nSPS) is 15.9. The number of hydrogen-bond acceptors (Lipinski definition) is 4. The van der Waals surface area contributed by atoms with Gasteiger partial charge in [-0.3, -0.25) is 9.59 Å². The van der Waals surface area contributed by atoms with Crippen LogP contribution in [0.2, 0.25) is 0 Å². The lowest BCUT2D eigenvalue weighted by Crippen LogP contribution is -2.24. The molecule has 0 bridgehead atoms. The fourth-order valence-corrected chi connectivity index (χ4v) is 7.59. The lowest BCUT2D eigenvalue weighted by Gasteiger charge is -2.19. The van der Waals surface area contributed by atoms with Gasteiger partial charge in [0.1, 0.15) is 0 Å². The number of allylic oxidation sites excluding steroid dienone is 22. The number of Topliss-reactive ketones (excluding diaryl/α,β-unsaturated/α-hetero) is 2. The molecule has 0 aromatic carbocycles. The van der Waals surface area contributed by atoms with Crippen molar-refractivity contribution in [2.45, 2.75) is 205 Å². The smallest absolute Gasteiger partial charge is 0.228 e. The summed E-state index contributed by atoms with van der Waals surface area (Å²) in [4.78, 5) is 25.5. The van der Waals surface area contributed by atoms with Gasteiger partial charge in [0, 0.05) is 11.1 Å². The van der Waals surface area contributed by atoms with Crippen LogP contribution in [-0.4, -0.2) is 25.8 Å². The number of ether oxygens (including phenoxy) is 2. The Morgan fingerprint density at radius 2 is 0.571 bits per heavy atom. The van der Waals surface area contributed by atoms with Crippen LogP contribution in [0.25, 0.3) is 0 Å². The van der Waals surface area contributed by atoms with E-state index in [2.05, 4.69) is 137 Å². The number of carbonyl (C=O) groups excluding carboxylic acids is 2. The standard InChI is InChI=1S/C59H90O4/c1-44(2)24-15-25-45(3)26-16-27-46(4)28-17-29-47(5)30-18-31-48(6)32-19-33-49(7)34-20-35-50(8)36-21-37-51(9)38-22-39-52(10)40-23-41-53(11)42-43-55-54(12)56(60)58(62-13)59(63-14)57(55)61/h24,26,28,30,32,34,36,38,40,42H,15-23,25,27,29,31,33,35,37,39,41,43H2,1-14H3/b45-26+,46-28+,47-30+,48-32+,49-34+,50-36+,51-38+,52-40+,53-42-. The maximum Gasteiger partial charge on any atom is 0.228 e. The van der Waals surface area contributed by atoms with Gasteiger partial charge < -0.3 is 9.47 Å². The van der Waals surface area contributed by atoms with E-state index in [9.17, 15) is 9.59 Å². The molecule has 1 rings (SSSR count). The Kier molecular flexibility index (Phi) is 30.1. The van der Waals surface area contributed by atoms with Crippen molar-refractivity contribution in [1.82, 2.24) is 0 Å². The van der Waals surface area contributed by atoms with E-state index in [-0.39, 0.29) is 23.1 Å². The van der Waals surface area contributed by atoms with E-state index in [0.29, 0.717) is 17.6 Å². The summed E-state index contributed by atoms with van der Waals surface area (Å²) in [6.45, 7) is 26.3. The molecule has 350 valence electrons. The number of ketones is 2. The van der Waals surface area contributed by atoms with E-state index in [1.807, 2.05) is 0 Å². The zero-order valence-corrected chi connectivity index (χ0v) is 42.8. The van der Waals surface area contributed by atoms with E-state index >= 15 is 0 Å². The third kappa shape index (κ3) is 26.3. The van der Waals surface area contributed by atoms with Crippen LogP contribution in [0.3, 0.4) is 0 Å². The van der Waals surface area contributed by atoms with Gasteiger partial charge in [0.25, 0.3) is 0 Å². The van der Waals surface area contributed by atoms with Gasteiger partial charge in [0.05, 0.1) is 14.2 Å². The van der Waals surface area contributed by atoms with E-state index in [0.717, 1.165) is 96.3 Å². The molecule has 0 aliphatic heterocycles. The largest absolute Gasteiger partial charge is 0.489 e. The molecule has 4 heteroatoms. The third-order valence-corrected chi connectivity index (χ3v) is 12.1. The van der Waals surface area contributed by atoms with Crippen molar-refractivity contribution in [1.29, 1.82) is 0 Å². The molecule has 0 saturated heterocycles. The maximum atomic E-state index is 12.9. The Bertz CT molecular complexity index is 1840. The van der Waals surface area contributed by atoms with Crippen LogP contribution >= 0.6 is 0 Å². The minimum absolute atomic E-state index is 0.00667. The summed E-state index contributed by atoms with van der Waals surface area (Å²) < 4.78 is 10.3. The second-order valence-corrected chi connectivity index (χ2v) is 18.6. The van der Waals surface area contributed by atoms with Gasteiger partial charge in [-0.2, -0.15) is 0 Å². The molecule has 4 nitrogen and oxygen atoms in total. The Labute approximate surface area is 387 Å². The van der Waals surface area contributed by atoms with Crippen molar-refractivity contribution >= 4 is 11.6 Å². The molecule has 63 heavy (non-hydrogen) atoms. The number of methoxy groups -OCH3 is 2. The second kappa shape index (κ2) is 33.3. The molecule has 0 fully saturated rings. The summed E-state index contributed by atoms with van der Waals surface area (Å²) in [6, 6.07) is 0. The molecule has 0 N–H and O–H groups in total. The van der Waals surface area contributed by atoms with Gasteiger partial charge >= 0.3 is 0 Å². The van der Waals surface area contributed by atoms with Gasteiger partial charge in [-0.25, -0.2) is 0 Å². The van der Waals surface area contributed by atoms with Crippen molar-refractivity contribution < 1.29 is 19.1 Å². The van der Waals surface area contributed by atoms with E-state index in [1.165, 1.54) is 89.2 Å². The Balaban J connectivity index is 2.31. The Hall–Kier alpha value is -4.18. The van der Waals surface area contributed by atoms with Crippen molar-refractivity contribution in [3.8, 4) is 0 Å².